The van der Waals surface area contributed by atoms with Crippen molar-refractivity contribution in [3.8, 4) is 0 Å². The molecule has 2 N–H and O–H groups in total. The molecular weight excluding hydrogens is 206 g/mol. The van der Waals surface area contributed by atoms with Crippen molar-refractivity contribution < 1.29 is 0 Å². The maximum Gasteiger partial charge on any atom is 0.106 e. The van der Waals surface area contributed by atoms with Crippen LogP contribution in [0.4, 0.5) is 0 Å². The third-order valence-corrected chi connectivity index (χ3v) is 2.79. The van der Waals surface area contributed by atoms with Crippen molar-refractivity contribution in [1.82, 2.24) is 9.78 Å². The number of aromatic nitrogens is 2. The van der Waals surface area contributed by atoms with Crippen molar-refractivity contribution in [3.63, 3.8) is 0 Å². The first kappa shape index (κ1) is 8.74. The van der Waals surface area contributed by atoms with Crippen LogP contribution < -0.4 is 5.73 Å². The molecule has 0 amide bonds. The predicted molar refractivity (Wildman–Crippen MR) is 48.4 cm³/mol. The Labute approximate surface area is 74.7 Å². The van der Waals surface area contributed by atoms with Crippen LogP contribution >= 0.6 is 15.9 Å². The van der Waals surface area contributed by atoms with Crippen molar-refractivity contribution in [2.75, 3.05) is 6.54 Å². The molecule has 0 aromatic carbocycles. The first-order valence-corrected chi connectivity index (χ1v) is 4.34. The molecule has 1 heterocycles. The molecule has 4 heteroatoms. The van der Waals surface area contributed by atoms with Crippen LogP contribution in [0.15, 0.2) is 4.60 Å². The van der Waals surface area contributed by atoms with Gasteiger partial charge in [-0.25, -0.2) is 0 Å². The molecule has 0 saturated heterocycles. The van der Waals surface area contributed by atoms with Crippen LogP contribution in [-0.4, -0.2) is 16.3 Å². The second-order valence-corrected chi connectivity index (χ2v) is 3.28. The highest BCUT2D eigenvalue weighted by atomic mass is 79.9. The van der Waals surface area contributed by atoms with E-state index in [2.05, 4.69) is 21.0 Å². The van der Waals surface area contributed by atoms with Gasteiger partial charge in [0.05, 0.1) is 5.69 Å². The number of halogens is 1. The number of hydrogen-bond acceptors (Lipinski definition) is 2. The van der Waals surface area contributed by atoms with Gasteiger partial charge < -0.3 is 5.73 Å². The quantitative estimate of drug-likeness (QED) is 0.804. The van der Waals surface area contributed by atoms with E-state index in [1.807, 2.05) is 18.7 Å². The van der Waals surface area contributed by atoms with Crippen molar-refractivity contribution in [3.05, 3.63) is 15.9 Å². The summed E-state index contributed by atoms with van der Waals surface area (Å²) in [5.41, 5.74) is 7.70. The van der Waals surface area contributed by atoms with E-state index in [0.29, 0.717) is 6.54 Å². The van der Waals surface area contributed by atoms with Crippen LogP contribution in [0, 0.1) is 6.92 Å². The second-order valence-electron chi connectivity index (χ2n) is 2.52. The SMILES string of the molecule is Cc1c(CCN)nn(C)c1Br. The van der Waals surface area contributed by atoms with Crippen LogP contribution in [0.3, 0.4) is 0 Å². The maximum atomic E-state index is 5.42. The Balaban J connectivity index is 2.98. The predicted octanol–water partition coefficient (Wildman–Crippen LogP) is 0.992. The van der Waals surface area contributed by atoms with Crippen molar-refractivity contribution in [2.24, 2.45) is 12.8 Å². The van der Waals surface area contributed by atoms with Gasteiger partial charge in [-0.3, -0.25) is 4.68 Å². The van der Waals surface area contributed by atoms with E-state index in [1.165, 1.54) is 5.56 Å². The minimum Gasteiger partial charge on any atom is -0.330 e. The molecule has 0 aliphatic rings. The van der Waals surface area contributed by atoms with Crippen LogP contribution in [0.2, 0.25) is 0 Å². The minimum absolute atomic E-state index is 0.657. The first-order valence-electron chi connectivity index (χ1n) is 3.55. The maximum absolute atomic E-state index is 5.42. The molecule has 1 rings (SSSR count). The fourth-order valence-electron chi connectivity index (χ4n) is 1.04. The Morgan fingerprint density at radius 1 is 1.64 bits per heavy atom. The standard InChI is InChI=1S/C7H12BrN3/c1-5-6(3-4-9)10-11(2)7(5)8/h3-4,9H2,1-2H3. The first-order chi connectivity index (χ1) is 5.16. The highest BCUT2D eigenvalue weighted by molar-refractivity contribution is 9.10. The normalized spacial score (nSPS) is 10.5. The lowest BCUT2D eigenvalue weighted by Gasteiger charge is -1.91. The van der Waals surface area contributed by atoms with Gasteiger partial charge in [0, 0.05) is 19.0 Å². The topological polar surface area (TPSA) is 43.8 Å². The third-order valence-electron chi connectivity index (χ3n) is 1.68. The summed E-state index contributed by atoms with van der Waals surface area (Å²) in [6, 6.07) is 0. The molecule has 0 aliphatic heterocycles. The van der Waals surface area contributed by atoms with Crippen LogP contribution in [-0.2, 0) is 13.5 Å². The van der Waals surface area contributed by atoms with Gasteiger partial charge in [-0.1, -0.05) is 0 Å². The zero-order valence-electron chi connectivity index (χ0n) is 6.76. The summed E-state index contributed by atoms with van der Waals surface area (Å²) in [7, 11) is 1.91. The fourth-order valence-corrected chi connectivity index (χ4v) is 1.34. The van der Waals surface area contributed by atoms with E-state index in [4.69, 9.17) is 5.73 Å². The van der Waals surface area contributed by atoms with Gasteiger partial charge in [0.2, 0.25) is 0 Å². The van der Waals surface area contributed by atoms with Crippen LogP contribution in [0.25, 0.3) is 0 Å². The molecule has 0 radical (unpaired) electrons. The number of rotatable bonds is 2. The van der Waals surface area contributed by atoms with E-state index in [0.717, 1.165) is 16.7 Å². The summed E-state index contributed by atoms with van der Waals surface area (Å²) in [5, 5.41) is 4.29. The molecule has 0 fully saturated rings. The van der Waals surface area contributed by atoms with Crippen molar-refractivity contribution in [1.29, 1.82) is 0 Å². The summed E-state index contributed by atoms with van der Waals surface area (Å²) in [5.74, 6) is 0. The van der Waals surface area contributed by atoms with Gasteiger partial charge in [0.1, 0.15) is 4.60 Å². The van der Waals surface area contributed by atoms with Crippen molar-refractivity contribution >= 4 is 15.9 Å². The average Bonchev–Trinajstić information content (AvgIpc) is 2.19. The molecule has 3 nitrogen and oxygen atoms in total. The number of nitrogens with two attached hydrogens (primary N) is 1. The van der Waals surface area contributed by atoms with E-state index in [1.54, 1.807) is 0 Å². The Kier molecular flexibility index (Phi) is 2.67. The molecule has 0 bridgehead atoms. The highest BCUT2D eigenvalue weighted by Crippen LogP contribution is 2.18. The Bertz CT molecular complexity index is 254. The van der Waals surface area contributed by atoms with Gasteiger partial charge >= 0.3 is 0 Å². The smallest absolute Gasteiger partial charge is 0.106 e. The lowest BCUT2D eigenvalue weighted by Crippen LogP contribution is -2.04. The van der Waals surface area contributed by atoms with E-state index < -0.39 is 0 Å². The minimum atomic E-state index is 0.657. The van der Waals surface area contributed by atoms with Gasteiger partial charge in [0.25, 0.3) is 0 Å². The molecule has 11 heavy (non-hydrogen) atoms. The number of nitrogens with zero attached hydrogens (tertiary/aromatic N) is 2. The summed E-state index contributed by atoms with van der Waals surface area (Å²) in [6.07, 6.45) is 0.852. The largest absolute Gasteiger partial charge is 0.330 e. The summed E-state index contributed by atoms with van der Waals surface area (Å²) in [6.45, 7) is 2.70. The molecule has 1 aromatic heterocycles. The molecule has 1 aromatic rings. The second kappa shape index (κ2) is 3.36. The highest BCUT2D eigenvalue weighted by Gasteiger charge is 2.07. The Morgan fingerprint density at radius 2 is 2.27 bits per heavy atom. The van der Waals surface area contributed by atoms with Gasteiger partial charge in [-0.2, -0.15) is 5.10 Å². The summed E-state index contributed by atoms with van der Waals surface area (Å²) < 4.78 is 2.86. The van der Waals surface area contributed by atoms with E-state index in [-0.39, 0.29) is 0 Å². The van der Waals surface area contributed by atoms with E-state index >= 15 is 0 Å². The number of hydrogen-bond donors (Lipinski definition) is 1. The van der Waals surface area contributed by atoms with Gasteiger partial charge in [-0.05, 0) is 29.4 Å². The zero-order chi connectivity index (χ0) is 8.43. The third kappa shape index (κ3) is 1.62. The zero-order valence-corrected chi connectivity index (χ0v) is 8.35. The molecule has 0 spiro atoms. The Morgan fingerprint density at radius 3 is 2.64 bits per heavy atom. The monoisotopic (exact) mass is 217 g/mol. The number of aryl methyl sites for hydroxylation is 1. The lowest BCUT2D eigenvalue weighted by atomic mass is 10.2. The molecule has 0 aliphatic carbocycles. The molecule has 0 saturated carbocycles. The average molecular weight is 218 g/mol. The fraction of sp³-hybridized carbons (Fsp3) is 0.571. The molecular formula is C7H12BrN3. The molecule has 0 atom stereocenters. The van der Waals surface area contributed by atoms with Gasteiger partial charge in [0.15, 0.2) is 0 Å². The van der Waals surface area contributed by atoms with Crippen LogP contribution in [0.5, 0.6) is 0 Å². The lowest BCUT2D eigenvalue weighted by molar-refractivity contribution is 0.725. The molecule has 62 valence electrons. The van der Waals surface area contributed by atoms with Crippen LogP contribution in [0.1, 0.15) is 11.3 Å². The van der Waals surface area contributed by atoms with Gasteiger partial charge in [-0.15, -0.1) is 0 Å². The van der Waals surface area contributed by atoms with E-state index in [9.17, 15) is 0 Å². The molecule has 0 unspecified atom stereocenters. The van der Waals surface area contributed by atoms with Crippen molar-refractivity contribution in [2.45, 2.75) is 13.3 Å². The summed E-state index contributed by atoms with van der Waals surface area (Å²) >= 11 is 3.43. The Hall–Kier alpha value is -0.350. The summed E-state index contributed by atoms with van der Waals surface area (Å²) in [4.78, 5) is 0.